The van der Waals surface area contributed by atoms with Gasteiger partial charge in [0.05, 0.1) is 31.6 Å². The van der Waals surface area contributed by atoms with Gasteiger partial charge < -0.3 is 14.8 Å². The summed E-state index contributed by atoms with van der Waals surface area (Å²) in [6.07, 6.45) is 6.69. The largest absolute Gasteiger partial charge is 0.482 e. The first kappa shape index (κ1) is 15.1. The Kier molecular flexibility index (Phi) is 4.47. The molecule has 2 aliphatic rings. The number of carbonyl (C=O) groups excluding carboxylic acids is 1. The highest BCUT2D eigenvalue weighted by molar-refractivity contribution is 5.94. The fourth-order valence-electron chi connectivity index (χ4n) is 2.70. The van der Waals surface area contributed by atoms with E-state index in [1.165, 1.54) is 12.0 Å². The number of allylic oxidation sites excluding steroid dienone is 1. The number of nitrogens with one attached hydrogen (secondary N) is 1. The first-order chi connectivity index (χ1) is 10.7. The number of aryl methyl sites for hydroxylation is 1. The lowest BCUT2D eigenvalue weighted by molar-refractivity contribution is -0.118. The minimum atomic E-state index is -0.169. The van der Waals surface area contributed by atoms with Gasteiger partial charge in [0.15, 0.2) is 5.75 Å². The molecule has 0 aromatic carbocycles. The van der Waals surface area contributed by atoms with Gasteiger partial charge in [-0.2, -0.15) is 5.10 Å². The molecule has 3 rings (SSSR count). The Labute approximate surface area is 130 Å². The van der Waals surface area contributed by atoms with Crippen LogP contribution in [-0.4, -0.2) is 41.0 Å². The molecule has 2 heterocycles. The fraction of sp³-hybridized carbons (Fsp3) is 0.625. The Morgan fingerprint density at radius 1 is 1.50 bits per heavy atom. The third-order valence-corrected chi connectivity index (χ3v) is 4.39. The third kappa shape index (κ3) is 3.16. The molecule has 1 aliphatic heterocycles. The van der Waals surface area contributed by atoms with Gasteiger partial charge in [-0.3, -0.25) is 9.48 Å². The Morgan fingerprint density at radius 3 is 2.95 bits per heavy atom. The lowest BCUT2D eigenvalue weighted by Gasteiger charge is -2.23. The molecule has 0 unspecified atom stereocenters. The van der Waals surface area contributed by atoms with Crippen LogP contribution in [0, 0.1) is 0 Å². The highest BCUT2D eigenvalue weighted by Gasteiger charge is 2.32. The summed E-state index contributed by atoms with van der Waals surface area (Å²) in [6, 6.07) is -0.117. The van der Waals surface area contributed by atoms with Crippen LogP contribution in [0.5, 0.6) is 5.75 Å². The molecule has 1 amide bonds. The van der Waals surface area contributed by atoms with Crippen molar-refractivity contribution in [2.45, 2.75) is 51.8 Å². The van der Waals surface area contributed by atoms with Crippen LogP contribution in [0.1, 0.15) is 33.1 Å². The number of ether oxygens (including phenoxy) is 2. The van der Waals surface area contributed by atoms with Crippen molar-refractivity contribution in [3.63, 3.8) is 0 Å². The van der Waals surface area contributed by atoms with Crippen LogP contribution >= 0.6 is 0 Å². The molecule has 22 heavy (non-hydrogen) atoms. The zero-order chi connectivity index (χ0) is 15.5. The predicted molar refractivity (Wildman–Crippen MR) is 81.6 cm³/mol. The van der Waals surface area contributed by atoms with Gasteiger partial charge in [0.2, 0.25) is 5.91 Å². The quantitative estimate of drug-likeness (QED) is 0.840. The molecular weight excluding hydrogens is 282 g/mol. The van der Waals surface area contributed by atoms with Crippen LogP contribution in [0.2, 0.25) is 0 Å². The maximum Gasteiger partial charge on any atom is 0.247 e. The summed E-state index contributed by atoms with van der Waals surface area (Å²) in [5, 5.41) is 7.23. The van der Waals surface area contributed by atoms with Crippen LogP contribution < -0.4 is 10.1 Å². The average Bonchev–Trinajstić information content (AvgIpc) is 3.07. The van der Waals surface area contributed by atoms with Gasteiger partial charge >= 0.3 is 0 Å². The van der Waals surface area contributed by atoms with Gasteiger partial charge in [0.25, 0.3) is 0 Å². The van der Waals surface area contributed by atoms with Gasteiger partial charge in [-0.15, -0.1) is 0 Å². The molecule has 0 radical (unpaired) electrons. The van der Waals surface area contributed by atoms with Crippen molar-refractivity contribution < 1.29 is 14.3 Å². The zero-order valence-electron chi connectivity index (χ0n) is 13.2. The van der Waals surface area contributed by atoms with Crippen molar-refractivity contribution in [3.05, 3.63) is 23.5 Å². The van der Waals surface area contributed by atoms with Gasteiger partial charge in [0.1, 0.15) is 6.10 Å². The van der Waals surface area contributed by atoms with Crippen molar-refractivity contribution in [3.8, 4) is 5.75 Å². The molecule has 0 bridgehead atoms. The standard InChI is InChI=1S/C16H23N3O3/c1-3-19-8-13(7-17-19)22-15-10-21-9-14(15)18-16(20)11(2)12-5-4-6-12/h7-8,14-15H,3-6,9-10H2,1-2H3,(H,18,20)/t14-,15+/m0/s1. The van der Waals surface area contributed by atoms with Crippen molar-refractivity contribution in [2.24, 2.45) is 0 Å². The smallest absolute Gasteiger partial charge is 0.247 e. The predicted octanol–water partition coefficient (Wildman–Crippen LogP) is 1.67. The van der Waals surface area contributed by atoms with E-state index in [0.717, 1.165) is 25.0 Å². The van der Waals surface area contributed by atoms with E-state index in [-0.39, 0.29) is 18.1 Å². The second-order valence-corrected chi connectivity index (χ2v) is 5.89. The van der Waals surface area contributed by atoms with E-state index in [1.807, 2.05) is 24.7 Å². The van der Waals surface area contributed by atoms with Gasteiger partial charge in [0, 0.05) is 12.1 Å². The van der Waals surface area contributed by atoms with E-state index < -0.39 is 0 Å². The topological polar surface area (TPSA) is 65.4 Å². The summed E-state index contributed by atoms with van der Waals surface area (Å²) in [4.78, 5) is 12.3. The molecule has 6 nitrogen and oxygen atoms in total. The molecule has 1 saturated carbocycles. The fourth-order valence-corrected chi connectivity index (χ4v) is 2.70. The van der Waals surface area contributed by atoms with Crippen LogP contribution in [0.4, 0.5) is 0 Å². The zero-order valence-corrected chi connectivity index (χ0v) is 13.2. The SMILES string of the molecule is CCn1cc(O[C@@H]2COC[C@@H]2NC(=O)C(C)=C2CCC2)cn1. The first-order valence-corrected chi connectivity index (χ1v) is 7.93. The third-order valence-electron chi connectivity index (χ3n) is 4.39. The Hall–Kier alpha value is -1.82. The molecular formula is C16H23N3O3. The number of hydrogen-bond donors (Lipinski definition) is 1. The molecule has 1 aromatic rings. The molecule has 120 valence electrons. The summed E-state index contributed by atoms with van der Waals surface area (Å²) in [5.41, 5.74) is 2.13. The normalized spacial score (nSPS) is 24.0. The van der Waals surface area contributed by atoms with E-state index in [0.29, 0.717) is 19.0 Å². The van der Waals surface area contributed by atoms with E-state index >= 15 is 0 Å². The minimum Gasteiger partial charge on any atom is -0.482 e. The number of nitrogens with zero attached hydrogens (tertiary/aromatic N) is 2. The lowest BCUT2D eigenvalue weighted by atomic mass is 9.88. The highest BCUT2D eigenvalue weighted by Crippen LogP contribution is 2.28. The second kappa shape index (κ2) is 6.52. The number of amides is 1. The first-order valence-electron chi connectivity index (χ1n) is 7.93. The maximum atomic E-state index is 12.3. The molecule has 2 atom stereocenters. The van der Waals surface area contributed by atoms with Crippen LogP contribution in [0.25, 0.3) is 0 Å². The molecule has 1 N–H and O–H groups in total. The van der Waals surface area contributed by atoms with E-state index in [9.17, 15) is 4.79 Å². The molecule has 0 spiro atoms. The highest BCUT2D eigenvalue weighted by atomic mass is 16.5. The van der Waals surface area contributed by atoms with Gasteiger partial charge in [-0.1, -0.05) is 5.57 Å². The number of hydrogen-bond acceptors (Lipinski definition) is 4. The van der Waals surface area contributed by atoms with Crippen molar-refractivity contribution in [1.29, 1.82) is 0 Å². The van der Waals surface area contributed by atoms with Gasteiger partial charge in [-0.05, 0) is 33.1 Å². The summed E-state index contributed by atoms with van der Waals surface area (Å²) in [5.74, 6) is 0.716. The van der Waals surface area contributed by atoms with Crippen molar-refractivity contribution in [2.75, 3.05) is 13.2 Å². The summed E-state index contributed by atoms with van der Waals surface area (Å²) < 4.78 is 13.2. The number of carbonyl (C=O) groups is 1. The second-order valence-electron chi connectivity index (χ2n) is 5.89. The van der Waals surface area contributed by atoms with Crippen molar-refractivity contribution in [1.82, 2.24) is 15.1 Å². The lowest BCUT2D eigenvalue weighted by Crippen LogP contribution is -2.45. The van der Waals surface area contributed by atoms with Crippen molar-refractivity contribution >= 4 is 5.91 Å². The number of aromatic nitrogens is 2. The Bertz CT molecular complexity index is 573. The molecule has 1 aromatic heterocycles. The molecule has 1 saturated heterocycles. The van der Waals surface area contributed by atoms with Gasteiger partial charge in [-0.25, -0.2) is 0 Å². The van der Waals surface area contributed by atoms with Crippen LogP contribution in [0.3, 0.4) is 0 Å². The molecule has 6 heteroatoms. The molecule has 2 fully saturated rings. The van der Waals surface area contributed by atoms with E-state index in [1.54, 1.807) is 6.20 Å². The maximum absolute atomic E-state index is 12.3. The summed E-state index contributed by atoms with van der Waals surface area (Å²) in [6.45, 7) is 5.70. The minimum absolute atomic E-state index is 0.00283. The van der Waals surface area contributed by atoms with E-state index in [2.05, 4.69) is 10.4 Å². The Morgan fingerprint density at radius 2 is 2.32 bits per heavy atom. The monoisotopic (exact) mass is 305 g/mol. The average molecular weight is 305 g/mol. The Balaban J connectivity index is 1.59. The number of rotatable bonds is 5. The van der Waals surface area contributed by atoms with Crippen LogP contribution in [0.15, 0.2) is 23.5 Å². The summed E-state index contributed by atoms with van der Waals surface area (Å²) >= 11 is 0. The van der Waals surface area contributed by atoms with E-state index in [4.69, 9.17) is 9.47 Å². The molecule has 1 aliphatic carbocycles. The summed E-state index contributed by atoms with van der Waals surface area (Å²) in [7, 11) is 0. The van der Waals surface area contributed by atoms with Crippen LogP contribution in [-0.2, 0) is 16.1 Å².